The Balaban J connectivity index is 1.67. The van der Waals surface area contributed by atoms with Gasteiger partial charge in [-0.1, -0.05) is 19.1 Å². The second kappa shape index (κ2) is 8.37. The lowest BCUT2D eigenvalue weighted by molar-refractivity contribution is 0.0997. The highest BCUT2D eigenvalue weighted by Gasteiger charge is 2.01. The predicted octanol–water partition coefficient (Wildman–Crippen LogP) is 2.77. The van der Waals surface area contributed by atoms with Crippen molar-refractivity contribution < 1.29 is 9.84 Å². The maximum Gasteiger partial charge on any atom is 0.0593 e. The van der Waals surface area contributed by atoms with Crippen LogP contribution in [0.2, 0.25) is 0 Å². The maximum absolute atomic E-state index is 8.91. The first-order valence-electron chi connectivity index (χ1n) is 7.20. The number of aliphatic hydroxyl groups is 1. The molecule has 0 saturated carbocycles. The lowest BCUT2D eigenvalue weighted by Gasteiger charge is -2.18. The van der Waals surface area contributed by atoms with E-state index in [1.54, 1.807) is 11.3 Å². The third-order valence-corrected chi connectivity index (χ3v) is 4.37. The normalized spacial score (nSPS) is 11.6. The van der Waals surface area contributed by atoms with Gasteiger partial charge in [0.05, 0.1) is 19.8 Å². The molecule has 0 radical (unpaired) electrons. The molecule has 0 aliphatic carbocycles. The molecule has 0 amide bonds. The standard InChI is InChI=1S/C16H23NO2S/c1-2-17(7-9-18)8-11-19-10-5-14-3-4-16-15(13-14)6-12-20-16/h3-4,6,12-13,18H,2,5,7-11H2,1H3. The summed E-state index contributed by atoms with van der Waals surface area (Å²) in [4.78, 5) is 2.19. The highest BCUT2D eigenvalue weighted by molar-refractivity contribution is 7.17. The van der Waals surface area contributed by atoms with Gasteiger partial charge in [0.15, 0.2) is 0 Å². The first kappa shape index (κ1) is 15.4. The van der Waals surface area contributed by atoms with Crippen LogP contribution in [0.5, 0.6) is 0 Å². The molecule has 1 heterocycles. The van der Waals surface area contributed by atoms with Crippen LogP contribution in [-0.2, 0) is 11.2 Å². The van der Waals surface area contributed by atoms with Gasteiger partial charge in [-0.2, -0.15) is 0 Å². The summed E-state index contributed by atoms with van der Waals surface area (Å²) >= 11 is 1.78. The highest BCUT2D eigenvalue weighted by atomic mass is 32.1. The molecular formula is C16H23NO2S. The molecule has 2 aromatic rings. The Bertz CT molecular complexity index is 512. The summed E-state index contributed by atoms with van der Waals surface area (Å²) in [5, 5.41) is 12.4. The van der Waals surface area contributed by atoms with E-state index in [1.165, 1.54) is 15.6 Å². The average Bonchev–Trinajstić information content (AvgIpc) is 2.93. The number of fused-ring (bicyclic) bond motifs is 1. The molecule has 0 bridgehead atoms. The zero-order valence-corrected chi connectivity index (χ0v) is 12.9. The number of rotatable bonds is 9. The summed E-state index contributed by atoms with van der Waals surface area (Å²) in [5.41, 5.74) is 1.33. The van der Waals surface area contributed by atoms with E-state index in [1.807, 2.05) is 0 Å². The lowest BCUT2D eigenvalue weighted by Crippen LogP contribution is -2.30. The van der Waals surface area contributed by atoms with E-state index in [0.29, 0.717) is 0 Å². The number of nitrogens with zero attached hydrogens (tertiary/aromatic N) is 1. The van der Waals surface area contributed by atoms with Gasteiger partial charge < -0.3 is 9.84 Å². The Labute approximate surface area is 124 Å². The van der Waals surface area contributed by atoms with Crippen molar-refractivity contribution in [3.05, 3.63) is 35.2 Å². The number of hydrogen-bond acceptors (Lipinski definition) is 4. The van der Waals surface area contributed by atoms with Crippen LogP contribution in [-0.4, -0.2) is 49.5 Å². The molecule has 3 nitrogen and oxygen atoms in total. The Hall–Kier alpha value is -0.940. The first-order chi connectivity index (χ1) is 9.83. The van der Waals surface area contributed by atoms with Crippen molar-refractivity contribution in [2.24, 2.45) is 0 Å². The van der Waals surface area contributed by atoms with Gasteiger partial charge in [0, 0.05) is 17.8 Å². The monoisotopic (exact) mass is 293 g/mol. The van der Waals surface area contributed by atoms with Gasteiger partial charge in [0.1, 0.15) is 0 Å². The average molecular weight is 293 g/mol. The number of aliphatic hydroxyl groups excluding tert-OH is 1. The van der Waals surface area contributed by atoms with Crippen LogP contribution in [0.1, 0.15) is 12.5 Å². The third kappa shape index (κ3) is 4.56. The minimum Gasteiger partial charge on any atom is -0.395 e. The van der Waals surface area contributed by atoms with Crippen LogP contribution in [0, 0.1) is 0 Å². The fourth-order valence-corrected chi connectivity index (χ4v) is 3.00. The topological polar surface area (TPSA) is 32.7 Å². The minimum absolute atomic E-state index is 0.217. The largest absolute Gasteiger partial charge is 0.395 e. The number of likely N-dealkylation sites (N-methyl/N-ethyl adjacent to an activating group) is 1. The van der Waals surface area contributed by atoms with Crippen LogP contribution in [0.25, 0.3) is 10.1 Å². The fraction of sp³-hybridized carbons (Fsp3) is 0.500. The molecule has 0 fully saturated rings. The molecule has 20 heavy (non-hydrogen) atoms. The Kier molecular flexibility index (Phi) is 6.47. The van der Waals surface area contributed by atoms with Crippen molar-refractivity contribution in [2.45, 2.75) is 13.3 Å². The molecule has 0 aliphatic heterocycles. The van der Waals surface area contributed by atoms with E-state index in [2.05, 4.69) is 41.5 Å². The molecule has 1 N–H and O–H groups in total. The highest BCUT2D eigenvalue weighted by Crippen LogP contribution is 2.21. The van der Waals surface area contributed by atoms with Gasteiger partial charge in [0.25, 0.3) is 0 Å². The molecule has 4 heteroatoms. The van der Waals surface area contributed by atoms with Crippen LogP contribution in [0.4, 0.5) is 0 Å². The summed E-state index contributed by atoms with van der Waals surface area (Å²) < 4.78 is 7.03. The SMILES string of the molecule is CCN(CCO)CCOCCc1ccc2sccc2c1. The fourth-order valence-electron chi connectivity index (χ4n) is 2.23. The van der Waals surface area contributed by atoms with Crippen LogP contribution < -0.4 is 0 Å². The van der Waals surface area contributed by atoms with Crippen molar-refractivity contribution in [1.82, 2.24) is 4.90 Å². The molecule has 2 rings (SSSR count). The van der Waals surface area contributed by atoms with Gasteiger partial charge in [-0.3, -0.25) is 4.90 Å². The molecule has 0 spiro atoms. The molecule has 1 aromatic carbocycles. The van der Waals surface area contributed by atoms with Crippen molar-refractivity contribution in [1.29, 1.82) is 0 Å². The second-order valence-electron chi connectivity index (χ2n) is 4.81. The Morgan fingerprint density at radius 1 is 1.20 bits per heavy atom. The van der Waals surface area contributed by atoms with Crippen LogP contribution in [0.3, 0.4) is 0 Å². The zero-order valence-electron chi connectivity index (χ0n) is 12.0. The number of ether oxygens (including phenoxy) is 1. The van der Waals surface area contributed by atoms with Crippen molar-refractivity contribution in [2.75, 3.05) is 39.5 Å². The van der Waals surface area contributed by atoms with E-state index < -0.39 is 0 Å². The van der Waals surface area contributed by atoms with E-state index in [-0.39, 0.29) is 6.61 Å². The summed E-state index contributed by atoms with van der Waals surface area (Å²) in [6, 6.07) is 8.79. The van der Waals surface area contributed by atoms with E-state index in [0.717, 1.165) is 39.3 Å². The van der Waals surface area contributed by atoms with Gasteiger partial charge >= 0.3 is 0 Å². The summed E-state index contributed by atoms with van der Waals surface area (Å²) in [5.74, 6) is 0. The third-order valence-electron chi connectivity index (χ3n) is 3.47. The first-order valence-corrected chi connectivity index (χ1v) is 8.08. The molecule has 0 aliphatic rings. The zero-order chi connectivity index (χ0) is 14.2. The number of thiophene rings is 1. The lowest BCUT2D eigenvalue weighted by atomic mass is 10.1. The molecule has 0 atom stereocenters. The molecule has 0 saturated heterocycles. The predicted molar refractivity (Wildman–Crippen MR) is 85.5 cm³/mol. The Morgan fingerprint density at radius 2 is 2.10 bits per heavy atom. The molecule has 1 aromatic heterocycles. The smallest absolute Gasteiger partial charge is 0.0593 e. The van der Waals surface area contributed by atoms with Crippen molar-refractivity contribution in [3.63, 3.8) is 0 Å². The molecular weight excluding hydrogens is 270 g/mol. The molecule has 0 unspecified atom stereocenters. The van der Waals surface area contributed by atoms with E-state index >= 15 is 0 Å². The summed E-state index contributed by atoms with van der Waals surface area (Å²) in [6.07, 6.45) is 0.956. The van der Waals surface area contributed by atoms with Gasteiger partial charge in [0.2, 0.25) is 0 Å². The molecule has 110 valence electrons. The van der Waals surface area contributed by atoms with Crippen molar-refractivity contribution >= 4 is 21.4 Å². The summed E-state index contributed by atoms with van der Waals surface area (Å²) in [6.45, 7) is 6.38. The second-order valence-corrected chi connectivity index (χ2v) is 5.76. The van der Waals surface area contributed by atoms with Crippen LogP contribution in [0.15, 0.2) is 29.6 Å². The maximum atomic E-state index is 8.91. The van der Waals surface area contributed by atoms with E-state index in [9.17, 15) is 0 Å². The quantitative estimate of drug-likeness (QED) is 0.722. The van der Waals surface area contributed by atoms with Gasteiger partial charge in [-0.05, 0) is 41.4 Å². The van der Waals surface area contributed by atoms with Gasteiger partial charge in [-0.25, -0.2) is 0 Å². The van der Waals surface area contributed by atoms with Gasteiger partial charge in [-0.15, -0.1) is 11.3 Å². The van der Waals surface area contributed by atoms with Crippen LogP contribution >= 0.6 is 11.3 Å². The Morgan fingerprint density at radius 3 is 2.90 bits per heavy atom. The summed E-state index contributed by atoms with van der Waals surface area (Å²) in [7, 11) is 0. The number of benzene rings is 1. The minimum atomic E-state index is 0.217. The van der Waals surface area contributed by atoms with Crippen molar-refractivity contribution in [3.8, 4) is 0 Å². The van der Waals surface area contributed by atoms with E-state index in [4.69, 9.17) is 9.84 Å². The number of hydrogen-bond donors (Lipinski definition) is 1.